The highest BCUT2D eigenvalue weighted by molar-refractivity contribution is 7.92. The predicted octanol–water partition coefficient (Wildman–Crippen LogP) is 3.62. The smallest absolute Gasteiger partial charge is 0.262 e. The van der Waals surface area contributed by atoms with Crippen LogP contribution in [0, 0.1) is 27.7 Å². The van der Waals surface area contributed by atoms with Gasteiger partial charge in [-0.1, -0.05) is 35.9 Å². The van der Waals surface area contributed by atoms with E-state index in [0.29, 0.717) is 38.5 Å². The number of amides is 2. The van der Waals surface area contributed by atoms with Gasteiger partial charge in [-0.05, 0) is 85.3 Å². The Labute approximate surface area is 215 Å². The summed E-state index contributed by atoms with van der Waals surface area (Å²) >= 11 is 6.11. The number of carbonyl (C=O) groups excluding carboxylic acids is 2. The highest BCUT2D eigenvalue weighted by Crippen LogP contribution is 2.30. The van der Waals surface area contributed by atoms with E-state index in [9.17, 15) is 23.1 Å². The molecule has 3 aromatic carbocycles. The van der Waals surface area contributed by atoms with E-state index in [4.69, 9.17) is 17.3 Å². The Kier molecular flexibility index (Phi) is 8.08. The van der Waals surface area contributed by atoms with Crippen LogP contribution >= 0.6 is 11.6 Å². The van der Waals surface area contributed by atoms with Gasteiger partial charge in [-0.2, -0.15) is 0 Å². The Hall–Kier alpha value is -3.40. The van der Waals surface area contributed by atoms with Gasteiger partial charge in [0.2, 0.25) is 5.91 Å². The summed E-state index contributed by atoms with van der Waals surface area (Å²) in [6.07, 6.45) is 0. The Balaban J connectivity index is 1.92. The van der Waals surface area contributed by atoms with Gasteiger partial charge in [0.25, 0.3) is 15.9 Å². The molecule has 0 saturated carbocycles. The molecule has 0 aliphatic heterocycles. The minimum atomic E-state index is -3.86. The fraction of sp³-hybridized carbons (Fsp3) is 0.231. The molecule has 10 heteroatoms. The van der Waals surface area contributed by atoms with Gasteiger partial charge in [-0.3, -0.25) is 14.3 Å². The van der Waals surface area contributed by atoms with Crippen molar-refractivity contribution in [2.45, 2.75) is 38.6 Å². The Morgan fingerprint density at radius 3 is 2.17 bits per heavy atom. The zero-order valence-corrected chi connectivity index (χ0v) is 21.9. The highest BCUT2D eigenvalue weighted by atomic mass is 35.5. The lowest BCUT2D eigenvalue weighted by Gasteiger charge is -2.17. The topological polar surface area (TPSA) is 139 Å². The summed E-state index contributed by atoms with van der Waals surface area (Å²) in [5.41, 5.74) is 9.93. The molecule has 0 heterocycles. The summed E-state index contributed by atoms with van der Waals surface area (Å²) in [4.78, 5) is 24.2. The Morgan fingerprint density at radius 2 is 1.58 bits per heavy atom. The summed E-state index contributed by atoms with van der Waals surface area (Å²) in [5, 5.41) is 12.2. The zero-order chi connectivity index (χ0) is 26.8. The molecule has 190 valence electrons. The van der Waals surface area contributed by atoms with Crippen LogP contribution in [0.15, 0.2) is 53.4 Å². The Morgan fingerprint density at radius 1 is 0.944 bits per heavy atom. The van der Waals surface area contributed by atoms with E-state index in [1.165, 1.54) is 0 Å². The number of nitrogens with two attached hydrogens (primary N) is 1. The SMILES string of the molecule is Cc1cc(S(=O)(=O)Nc2cccc(-c3cc(C)c(C(=O)N[C@@H](CO)C(N)=O)c(C)c3)c2)c(C)cc1Cl. The van der Waals surface area contributed by atoms with E-state index >= 15 is 0 Å². The second-order valence-electron chi connectivity index (χ2n) is 8.65. The average Bonchev–Trinajstić information content (AvgIpc) is 2.78. The van der Waals surface area contributed by atoms with E-state index < -0.39 is 34.5 Å². The third-order valence-corrected chi connectivity index (χ3v) is 7.72. The van der Waals surface area contributed by atoms with Crippen LogP contribution in [-0.4, -0.2) is 38.0 Å². The number of nitrogens with one attached hydrogen (secondary N) is 2. The standard InChI is InChI=1S/C26H28ClN3O5S/c1-14-11-23(15(2)10-21(14)27)36(34,35)30-20-7-5-6-18(12-20)19-8-16(3)24(17(4)9-19)26(33)29-22(13-31)25(28)32/h5-12,22,30-31H,13H2,1-4H3,(H2,28,32)(H,29,33)/t22-/m0/s1. The van der Waals surface area contributed by atoms with E-state index in [1.807, 2.05) is 6.07 Å². The van der Waals surface area contributed by atoms with E-state index in [-0.39, 0.29) is 4.90 Å². The Bertz CT molecular complexity index is 1430. The molecule has 5 N–H and O–H groups in total. The number of aryl methyl sites for hydroxylation is 4. The molecule has 0 bridgehead atoms. The van der Waals surface area contributed by atoms with Crippen LogP contribution in [0.2, 0.25) is 5.02 Å². The normalized spacial score (nSPS) is 12.2. The molecule has 0 radical (unpaired) electrons. The van der Waals surface area contributed by atoms with Crippen molar-refractivity contribution >= 4 is 39.1 Å². The van der Waals surface area contributed by atoms with Gasteiger partial charge in [0.05, 0.1) is 11.5 Å². The summed E-state index contributed by atoms with van der Waals surface area (Å²) in [6.45, 7) is 6.33. The van der Waals surface area contributed by atoms with Crippen molar-refractivity contribution in [3.05, 3.63) is 81.4 Å². The number of halogens is 1. The molecule has 0 aliphatic rings. The first-order valence-corrected chi connectivity index (χ1v) is 12.9. The maximum atomic E-state index is 13.1. The van der Waals surface area contributed by atoms with Gasteiger partial charge in [0.1, 0.15) is 6.04 Å². The molecule has 3 rings (SSSR count). The van der Waals surface area contributed by atoms with Crippen molar-refractivity contribution < 1.29 is 23.1 Å². The van der Waals surface area contributed by atoms with E-state index in [2.05, 4.69) is 10.0 Å². The molecule has 8 nitrogen and oxygen atoms in total. The third-order valence-electron chi connectivity index (χ3n) is 5.78. The van der Waals surface area contributed by atoms with Crippen LogP contribution in [0.5, 0.6) is 0 Å². The van der Waals surface area contributed by atoms with E-state index in [0.717, 1.165) is 11.1 Å². The van der Waals surface area contributed by atoms with Gasteiger partial charge in [-0.25, -0.2) is 8.42 Å². The number of aliphatic hydroxyl groups excluding tert-OH is 1. The molecule has 0 fully saturated rings. The molecule has 1 atom stereocenters. The fourth-order valence-electron chi connectivity index (χ4n) is 3.94. The quantitative estimate of drug-likeness (QED) is 0.353. The van der Waals surface area contributed by atoms with Crippen LogP contribution in [0.3, 0.4) is 0 Å². The van der Waals surface area contributed by atoms with Crippen LogP contribution in [0.1, 0.15) is 32.6 Å². The van der Waals surface area contributed by atoms with Gasteiger partial charge < -0.3 is 16.2 Å². The molecule has 36 heavy (non-hydrogen) atoms. The van der Waals surface area contributed by atoms with Crippen molar-refractivity contribution in [2.24, 2.45) is 5.73 Å². The maximum absolute atomic E-state index is 13.1. The number of hydrogen-bond acceptors (Lipinski definition) is 5. The van der Waals surface area contributed by atoms with Crippen molar-refractivity contribution in [3.8, 4) is 11.1 Å². The zero-order valence-electron chi connectivity index (χ0n) is 20.3. The number of rotatable bonds is 8. The second-order valence-corrected chi connectivity index (χ2v) is 10.7. The number of carbonyl (C=O) groups is 2. The van der Waals surface area contributed by atoms with Crippen LogP contribution in [0.25, 0.3) is 11.1 Å². The van der Waals surface area contributed by atoms with Crippen LogP contribution in [0.4, 0.5) is 5.69 Å². The summed E-state index contributed by atoms with van der Waals surface area (Å²) in [7, 11) is -3.86. The van der Waals surface area contributed by atoms with Crippen molar-refractivity contribution in [2.75, 3.05) is 11.3 Å². The number of sulfonamides is 1. The summed E-state index contributed by atoms with van der Waals surface area (Å²) in [6, 6.07) is 12.5. The van der Waals surface area contributed by atoms with Gasteiger partial charge >= 0.3 is 0 Å². The predicted molar refractivity (Wildman–Crippen MR) is 141 cm³/mol. The molecule has 0 aliphatic carbocycles. The number of hydrogen-bond donors (Lipinski definition) is 4. The van der Waals surface area contributed by atoms with Gasteiger partial charge in [0.15, 0.2) is 0 Å². The minimum Gasteiger partial charge on any atom is -0.394 e. The first-order chi connectivity index (χ1) is 16.8. The average molecular weight is 530 g/mol. The number of anilines is 1. The van der Waals surface area contributed by atoms with Crippen LogP contribution in [-0.2, 0) is 14.8 Å². The molecule has 0 aromatic heterocycles. The van der Waals surface area contributed by atoms with Crippen molar-refractivity contribution in [1.82, 2.24) is 5.32 Å². The minimum absolute atomic E-state index is 0.147. The molecule has 0 spiro atoms. The lowest BCUT2D eigenvalue weighted by Crippen LogP contribution is -2.47. The molecule has 0 saturated heterocycles. The van der Waals surface area contributed by atoms with Gasteiger partial charge in [-0.15, -0.1) is 0 Å². The first-order valence-electron chi connectivity index (χ1n) is 11.1. The monoisotopic (exact) mass is 529 g/mol. The molecule has 0 unspecified atom stereocenters. The van der Waals surface area contributed by atoms with Crippen molar-refractivity contribution in [3.63, 3.8) is 0 Å². The number of aliphatic hydroxyl groups is 1. The largest absolute Gasteiger partial charge is 0.394 e. The third kappa shape index (κ3) is 5.87. The lowest BCUT2D eigenvalue weighted by atomic mass is 9.94. The maximum Gasteiger partial charge on any atom is 0.262 e. The summed E-state index contributed by atoms with van der Waals surface area (Å²) in [5.74, 6) is -1.36. The van der Waals surface area contributed by atoms with Gasteiger partial charge in [0, 0.05) is 16.3 Å². The molecule has 2 amide bonds. The highest BCUT2D eigenvalue weighted by Gasteiger charge is 2.22. The van der Waals surface area contributed by atoms with E-state index in [1.54, 1.807) is 70.2 Å². The lowest BCUT2D eigenvalue weighted by molar-refractivity contribution is -0.120. The first kappa shape index (κ1) is 27.2. The summed E-state index contributed by atoms with van der Waals surface area (Å²) < 4.78 is 28.8. The molecular formula is C26H28ClN3O5S. The fourth-order valence-corrected chi connectivity index (χ4v) is 5.52. The molecule has 3 aromatic rings. The number of benzene rings is 3. The second kappa shape index (κ2) is 10.7. The molecular weight excluding hydrogens is 502 g/mol. The number of primary amides is 1. The van der Waals surface area contributed by atoms with Crippen LogP contribution < -0.4 is 15.8 Å². The van der Waals surface area contributed by atoms with Crippen molar-refractivity contribution in [1.29, 1.82) is 0 Å².